The van der Waals surface area contributed by atoms with Crippen LogP contribution in [0.2, 0.25) is 0 Å². The van der Waals surface area contributed by atoms with Gasteiger partial charge in [-0.1, -0.05) is 0 Å². The Morgan fingerprint density at radius 3 is 3.00 bits per heavy atom. The summed E-state index contributed by atoms with van der Waals surface area (Å²) >= 11 is 1.49. The molecule has 1 fully saturated rings. The maximum absolute atomic E-state index is 12.5. The summed E-state index contributed by atoms with van der Waals surface area (Å²) in [5, 5.41) is 17.0. The van der Waals surface area contributed by atoms with Gasteiger partial charge in [-0.05, 0) is 54.3 Å². The van der Waals surface area contributed by atoms with E-state index in [-0.39, 0.29) is 24.1 Å². The van der Waals surface area contributed by atoms with Crippen LogP contribution < -0.4 is 5.32 Å². The normalized spacial score (nSPS) is 19.9. The minimum absolute atomic E-state index is 0.0991. The Kier molecular flexibility index (Phi) is 4.73. The lowest BCUT2D eigenvalue weighted by Gasteiger charge is -2.26. The topological polar surface area (TPSA) is 82.8 Å². The van der Waals surface area contributed by atoms with Crippen molar-refractivity contribution in [1.82, 2.24) is 10.2 Å². The smallest absolute Gasteiger partial charge is 0.290 e. The summed E-state index contributed by atoms with van der Waals surface area (Å²) in [5.41, 5.74) is -0.368. The van der Waals surface area contributed by atoms with Crippen molar-refractivity contribution in [3.8, 4) is 0 Å². The van der Waals surface area contributed by atoms with Gasteiger partial charge in [0.05, 0.1) is 12.8 Å². The third-order valence-electron chi connectivity index (χ3n) is 4.30. The van der Waals surface area contributed by atoms with Crippen LogP contribution in [-0.2, 0) is 10.4 Å². The van der Waals surface area contributed by atoms with Gasteiger partial charge >= 0.3 is 0 Å². The third kappa shape index (κ3) is 3.37. The van der Waals surface area contributed by atoms with Crippen LogP contribution in [0.15, 0.2) is 39.6 Å². The molecule has 1 saturated heterocycles. The summed E-state index contributed by atoms with van der Waals surface area (Å²) < 4.78 is 5.14. The van der Waals surface area contributed by atoms with Gasteiger partial charge in [-0.15, -0.1) is 0 Å². The van der Waals surface area contributed by atoms with E-state index in [1.807, 2.05) is 16.8 Å². The molecule has 128 valence electrons. The summed E-state index contributed by atoms with van der Waals surface area (Å²) in [6, 6.07) is 4.55. The lowest BCUT2D eigenvalue weighted by molar-refractivity contribution is -0.126. The van der Waals surface area contributed by atoms with Crippen molar-refractivity contribution in [3.05, 3.63) is 46.5 Å². The molecule has 2 aromatic heterocycles. The van der Waals surface area contributed by atoms with Crippen molar-refractivity contribution < 1.29 is 19.1 Å². The summed E-state index contributed by atoms with van der Waals surface area (Å²) in [5.74, 6) is -0.287. The van der Waals surface area contributed by atoms with E-state index < -0.39 is 11.6 Å². The number of aliphatic hydroxyl groups is 1. The fraction of sp³-hybridized carbons (Fsp3) is 0.412. The first-order valence-corrected chi connectivity index (χ1v) is 8.80. The number of carbonyl (C=O) groups is 2. The molecular weight excluding hydrogens is 328 g/mol. The Morgan fingerprint density at radius 1 is 1.50 bits per heavy atom. The highest BCUT2D eigenvalue weighted by molar-refractivity contribution is 7.08. The monoisotopic (exact) mass is 348 g/mol. The molecule has 0 spiro atoms. The molecule has 0 aromatic carbocycles. The van der Waals surface area contributed by atoms with Gasteiger partial charge in [-0.25, -0.2) is 0 Å². The van der Waals surface area contributed by atoms with E-state index in [9.17, 15) is 14.7 Å². The highest BCUT2D eigenvalue weighted by atomic mass is 32.1. The van der Waals surface area contributed by atoms with Crippen LogP contribution >= 0.6 is 11.3 Å². The van der Waals surface area contributed by atoms with Gasteiger partial charge in [-0.3, -0.25) is 9.59 Å². The first-order valence-electron chi connectivity index (χ1n) is 7.86. The van der Waals surface area contributed by atoms with Crippen LogP contribution in [0.25, 0.3) is 0 Å². The number of likely N-dealkylation sites (tertiary alicyclic amines) is 1. The average Bonchev–Trinajstić information content (AvgIpc) is 3.34. The molecular formula is C17H20N2O4S. The predicted octanol–water partition coefficient (Wildman–Crippen LogP) is 1.97. The summed E-state index contributed by atoms with van der Waals surface area (Å²) in [7, 11) is 0. The molecule has 2 aromatic rings. The van der Waals surface area contributed by atoms with Crippen molar-refractivity contribution in [2.45, 2.75) is 31.4 Å². The highest BCUT2D eigenvalue weighted by Gasteiger charge is 2.36. The second-order valence-corrected chi connectivity index (χ2v) is 6.92. The fourth-order valence-corrected chi connectivity index (χ4v) is 3.66. The molecule has 0 saturated carbocycles. The Morgan fingerprint density at radius 2 is 2.33 bits per heavy atom. The maximum atomic E-state index is 12.5. The minimum atomic E-state index is -1.13. The molecule has 0 radical (unpaired) electrons. The number of amides is 2. The van der Waals surface area contributed by atoms with Gasteiger partial charge in [0.25, 0.3) is 5.91 Å². The first-order chi connectivity index (χ1) is 11.5. The number of thiophene rings is 1. The molecule has 24 heavy (non-hydrogen) atoms. The van der Waals surface area contributed by atoms with E-state index in [4.69, 9.17) is 4.42 Å². The molecule has 1 aliphatic heterocycles. The quantitative estimate of drug-likeness (QED) is 0.865. The summed E-state index contributed by atoms with van der Waals surface area (Å²) in [6.45, 7) is 2.29. The van der Waals surface area contributed by atoms with E-state index in [2.05, 4.69) is 5.32 Å². The van der Waals surface area contributed by atoms with Crippen LogP contribution in [-0.4, -0.2) is 41.0 Å². The lowest BCUT2D eigenvalue weighted by Crippen LogP contribution is -2.48. The van der Waals surface area contributed by atoms with Crippen molar-refractivity contribution >= 4 is 23.2 Å². The summed E-state index contributed by atoms with van der Waals surface area (Å²) in [4.78, 5) is 26.5. The molecule has 1 aliphatic rings. The third-order valence-corrected chi connectivity index (χ3v) is 4.98. The highest BCUT2D eigenvalue weighted by Crippen LogP contribution is 2.23. The predicted molar refractivity (Wildman–Crippen MR) is 89.7 cm³/mol. The molecule has 2 atom stereocenters. The Labute approximate surface area is 144 Å². The van der Waals surface area contributed by atoms with Gasteiger partial charge in [0.2, 0.25) is 5.91 Å². The van der Waals surface area contributed by atoms with Gasteiger partial charge in [0.1, 0.15) is 11.6 Å². The van der Waals surface area contributed by atoms with Gasteiger partial charge < -0.3 is 19.7 Å². The SMILES string of the molecule is C[C@](O)(CNC(=O)[C@H]1CCCN1C(=O)c1ccco1)c1ccsc1. The first kappa shape index (κ1) is 16.7. The van der Waals surface area contributed by atoms with E-state index in [0.29, 0.717) is 13.0 Å². The molecule has 2 N–H and O–H groups in total. The molecule has 3 rings (SSSR count). The average molecular weight is 348 g/mol. The molecule has 0 bridgehead atoms. The zero-order valence-electron chi connectivity index (χ0n) is 13.4. The number of carbonyl (C=O) groups excluding carboxylic acids is 2. The number of hydrogen-bond donors (Lipinski definition) is 2. The Bertz CT molecular complexity index is 694. The van der Waals surface area contributed by atoms with Crippen molar-refractivity contribution in [3.63, 3.8) is 0 Å². The molecule has 0 unspecified atom stereocenters. The number of furan rings is 1. The van der Waals surface area contributed by atoms with Crippen LogP contribution in [0.3, 0.4) is 0 Å². The van der Waals surface area contributed by atoms with E-state index in [1.54, 1.807) is 19.1 Å². The second kappa shape index (κ2) is 6.78. The molecule has 6 nitrogen and oxygen atoms in total. The van der Waals surface area contributed by atoms with E-state index in [1.165, 1.54) is 22.5 Å². The van der Waals surface area contributed by atoms with Gasteiger partial charge in [0.15, 0.2) is 5.76 Å². The van der Waals surface area contributed by atoms with E-state index in [0.717, 1.165) is 12.0 Å². The summed E-state index contributed by atoms with van der Waals surface area (Å²) in [6.07, 6.45) is 2.82. The van der Waals surface area contributed by atoms with Crippen molar-refractivity contribution in [1.29, 1.82) is 0 Å². The van der Waals surface area contributed by atoms with E-state index >= 15 is 0 Å². The van der Waals surface area contributed by atoms with Crippen LogP contribution in [0.1, 0.15) is 35.9 Å². The van der Waals surface area contributed by atoms with Gasteiger partial charge in [0, 0.05) is 6.54 Å². The molecule has 2 amide bonds. The molecule has 3 heterocycles. The Balaban J connectivity index is 1.63. The maximum Gasteiger partial charge on any atom is 0.290 e. The number of rotatable bonds is 5. The minimum Gasteiger partial charge on any atom is -0.459 e. The second-order valence-electron chi connectivity index (χ2n) is 6.14. The van der Waals surface area contributed by atoms with Crippen LogP contribution in [0, 0.1) is 0 Å². The molecule has 7 heteroatoms. The zero-order chi connectivity index (χ0) is 17.2. The largest absolute Gasteiger partial charge is 0.459 e. The van der Waals surface area contributed by atoms with Crippen LogP contribution in [0.4, 0.5) is 0 Å². The van der Waals surface area contributed by atoms with Gasteiger partial charge in [-0.2, -0.15) is 11.3 Å². The number of nitrogens with one attached hydrogen (secondary N) is 1. The number of nitrogens with zero attached hydrogens (tertiary/aromatic N) is 1. The van der Waals surface area contributed by atoms with Crippen molar-refractivity contribution in [2.75, 3.05) is 13.1 Å². The standard InChI is InChI=1S/C17H20N2O4S/c1-17(22,12-6-9-24-10-12)11-18-15(20)13-4-2-7-19(13)16(21)14-5-3-8-23-14/h3,5-6,8-10,13,22H,2,4,7,11H2,1H3,(H,18,20)/t13-,17+/m1/s1. The fourth-order valence-electron chi connectivity index (χ4n) is 2.87. The molecule has 0 aliphatic carbocycles. The van der Waals surface area contributed by atoms with Crippen molar-refractivity contribution in [2.24, 2.45) is 0 Å². The zero-order valence-corrected chi connectivity index (χ0v) is 14.2. The lowest BCUT2D eigenvalue weighted by atomic mass is 9.99. The van der Waals surface area contributed by atoms with Crippen LogP contribution in [0.5, 0.6) is 0 Å². The Hall–Kier alpha value is -2.12. The number of hydrogen-bond acceptors (Lipinski definition) is 5.